The molecule has 17 atom stereocenters. The van der Waals surface area contributed by atoms with Crippen LogP contribution >= 0.6 is 0 Å². The average Bonchev–Trinajstić information content (AvgIpc) is 3.10. The molecule has 3 rings (SSSR count). The van der Waals surface area contributed by atoms with Crippen LogP contribution in [0.3, 0.4) is 0 Å². The second kappa shape index (κ2) is 48.8. The van der Waals surface area contributed by atoms with E-state index in [1.165, 1.54) is 167 Å². The Bertz CT molecular complexity index is 1690. The third-order valence-electron chi connectivity index (χ3n) is 16.9. The highest BCUT2D eigenvalue weighted by molar-refractivity contribution is 5.76. The van der Waals surface area contributed by atoms with E-state index < -0.39 is 124 Å². The van der Waals surface area contributed by atoms with Gasteiger partial charge in [0, 0.05) is 6.42 Å². The first-order valence-corrected chi connectivity index (χ1v) is 33.7. The zero-order valence-corrected chi connectivity index (χ0v) is 52.3. The van der Waals surface area contributed by atoms with Crippen LogP contribution in [0.25, 0.3) is 0 Å². The van der Waals surface area contributed by atoms with Crippen LogP contribution in [0.15, 0.2) is 36.5 Å². The zero-order chi connectivity index (χ0) is 61.9. The Balaban J connectivity index is 1.47. The monoisotopic (exact) mass is 1220 g/mol. The molecule has 0 bridgehead atoms. The Morgan fingerprint density at radius 2 is 0.753 bits per heavy atom. The molecule has 85 heavy (non-hydrogen) atoms. The van der Waals surface area contributed by atoms with Crippen molar-refractivity contribution < 1.29 is 89.4 Å². The molecule has 3 saturated heterocycles. The molecular weight excluding hydrogens is 1090 g/mol. The number of rotatable bonds is 51. The van der Waals surface area contributed by atoms with Gasteiger partial charge < -0.3 is 89.9 Å². The molecule has 3 aliphatic rings. The lowest BCUT2D eigenvalue weighted by Crippen LogP contribution is -2.66. The van der Waals surface area contributed by atoms with Crippen molar-refractivity contribution >= 4 is 5.91 Å². The lowest BCUT2D eigenvalue weighted by Gasteiger charge is -2.48. The minimum absolute atomic E-state index is 0.236. The number of hydrogen-bond acceptors (Lipinski definition) is 18. The molecule has 1 amide bonds. The Labute approximate surface area is 511 Å². The maximum absolute atomic E-state index is 13.4. The number of unbranched alkanes of at least 4 members (excludes halogenated alkanes) is 31. The summed E-state index contributed by atoms with van der Waals surface area (Å²) < 4.78 is 34.3. The fourth-order valence-electron chi connectivity index (χ4n) is 11.4. The SMILES string of the molecule is CCCCCCCCCCC/C=C/CC/C=C/CC/C=C/C(O)C(COC1OC(CO)C(OC2OC(CO)C(OC3OC(CO)C(O)C(O)C3O)C(O)C2O)C(O)C1O)NC(=O)CCCCCCCCCCCCCCCCCCCCCCC. The van der Waals surface area contributed by atoms with Crippen molar-refractivity contribution in [2.75, 3.05) is 26.4 Å². The van der Waals surface area contributed by atoms with Crippen molar-refractivity contribution in [1.82, 2.24) is 5.32 Å². The van der Waals surface area contributed by atoms with Crippen LogP contribution < -0.4 is 5.32 Å². The summed E-state index contributed by atoms with van der Waals surface area (Å²) in [5.41, 5.74) is 0. The van der Waals surface area contributed by atoms with E-state index in [1.807, 2.05) is 6.08 Å². The lowest BCUT2D eigenvalue weighted by molar-refractivity contribution is -0.379. The highest BCUT2D eigenvalue weighted by Gasteiger charge is 2.53. The van der Waals surface area contributed by atoms with E-state index in [1.54, 1.807) is 6.08 Å². The summed E-state index contributed by atoms with van der Waals surface area (Å²) in [5, 5.41) is 120. The van der Waals surface area contributed by atoms with Gasteiger partial charge in [-0.25, -0.2) is 0 Å². The van der Waals surface area contributed by atoms with Gasteiger partial charge in [0.25, 0.3) is 0 Å². The molecule has 0 saturated carbocycles. The standard InChI is InChI=1S/C66H121NO18/c1-3-5-7-9-11-13-15-17-19-21-23-24-26-28-30-32-34-36-38-40-42-44-54(72)67-49(50(71)43-41-39-37-35-33-31-29-27-25-22-20-18-16-14-12-10-8-6-4-2)48-80-64-60(78)57(75)62(52(46-69)82-64)85-66-61(79)58(76)63(53(47-70)83-66)84-65-59(77)56(74)55(73)51(45-68)81-65/h25,27,33,35,41,43,49-53,55-66,68-71,73-79H,3-24,26,28-32,34,36-40,42,44-48H2,1-2H3,(H,67,72)/b27-25+,35-33+,43-41+. The van der Waals surface area contributed by atoms with Crippen LogP contribution in [-0.2, 0) is 33.2 Å². The third kappa shape index (κ3) is 31.5. The van der Waals surface area contributed by atoms with Gasteiger partial charge in [0.1, 0.15) is 73.2 Å². The van der Waals surface area contributed by atoms with Crippen molar-refractivity contribution in [3.8, 4) is 0 Å². The van der Waals surface area contributed by atoms with E-state index in [9.17, 15) is 61.0 Å². The van der Waals surface area contributed by atoms with Gasteiger partial charge in [-0.3, -0.25) is 4.79 Å². The van der Waals surface area contributed by atoms with Gasteiger partial charge in [0.15, 0.2) is 18.9 Å². The van der Waals surface area contributed by atoms with Crippen molar-refractivity contribution in [1.29, 1.82) is 0 Å². The van der Waals surface area contributed by atoms with E-state index >= 15 is 0 Å². The second-order valence-electron chi connectivity index (χ2n) is 24.3. The average molecular weight is 1220 g/mol. The summed E-state index contributed by atoms with van der Waals surface area (Å²) in [4.78, 5) is 13.4. The van der Waals surface area contributed by atoms with Gasteiger partial charge in [-0.15, -0.1) is 0 Å². The largest absolute Gasteiger partial charge is 0.394 e. The Hall–Kier alpha value is -1.99. The minimum Gasteiger partial charge on any atom is -0.394 e. The van der Waals surface area contributed by atoms with E-state index in [2.05, 4.69) is 43.5 Å². The van der Waals surface area contributed by atoms with Crippen molar-refractivity contribution in [2.45, 2.75) is 349 Å². The van der Waals surface area contributed by atoms with Crippen molar-refractivity contribution in [3.05, 3.63) is 36.5 Å². The van der Waals surface area contributed by atoms with Gasteiger partial charge in [-0.1, -0.05) is 230 Å². The molecule has 0 aromatic carbocycles. The zero-order valence-electron chi connectivity index (χ0n) is 52.3. The fraction of sp³-hybridized carbons (Fsp3) is 0.894. The molecule has 3 aliphatic heterocycles. The Morgan fingerprint density at radius 3 is 1.18 bits per heavy atom. The van der Waals surface area contributed by atoms with Crippen LogP contribution in [0.4, 0.5) is 0 Å². The highest BCUT2D eigenvalue weighted by Crippen LogP contribution is 2.33. The van der Waals surface area contributed by atoms with Gasteiger partial charge >= 0.3 is 0 Å². The molecule has 0 aliphatic carbocycles. The summed E-state index contributed by atoms with van der Waals surface area (Å²) in [7, 11) is 0. The van der Waals surface area contributed by atoms with E-state index in [4.69, 9.17) is 28.4 Å². The first kappa shape index (κ1) is 77.3. The molecule has 19 nitrogen and oxygen atoms in total. The number of amides is 1. The van der Waals surface area contributed by atoms with Crippen LogP contribution in [0, 0.1) is 0 Å². The number of nitrogens with one attached hydrogen (secondary N) is 1. The Kier molecular flexibility index (Phi) is 44.4. The number of carbonyl (C=O) groups is 1. The molecule has 0 spiro atoms. The van der Waals surface area contributed by atoms with Crippen LogP contribution in [0.1, 0.15) is 245 Å². The summed E-state index contributed by atoms with van der Waals surface area (Å²) in [5.74, 6) is -0.286. The summed E-state index contributed by atoms with van der Waals surface area (Å²) in [6, 6.07) is -0.994. The molecule has 17 unspecified atom stereocenters. The minimum atomic E-state index is -1.98. The van der Waals surface area contributed by atoms with E-state index in [0.29, 0.717) is 12.8 Å². The molecule has 0 aromatic heterocycles. The fourth-order valence-corrected chi connectivity index (χ4v) is 11.4. The topological polar surface area (TPSA) is 307 Å². The molecule has 3 heterocycles. The molecule has 3 fully saturated rings. The van der Waals surface area contributed by atoms with Gasteiger partial charge in [-0.05, 0) is 44.9 Å². The number of aliphatic hydroxyl groups excluding tert-OH is 11. The van der Waals surface area contributed by atoms with Crippen LogP contribution in [0.2, 0.25) is 0 Å². The number of carbonyl (C=O) groups excluding carboxylic acids is 1. The molecule has 0 radical (unpaired) electrons. The third-order valence-corrected chi connectivity index (χ3v) is 16.9. The smallest absolute Gasteiger partial charge is 0.220 e. The quantitative estimate of drug-likeness (QED) is 0.0202. The first-order valence-electron chi connectivity index (χ1n) is 33.7. The van der Waals surface area contributed by atoms with Crippen molar-refractivity contribution in [2.24, 2.45) is 0 Å². The van der Waals surface area contributed by atoms with E-state index in [0.717, 1.165) is 44.9 Å². The summed E-state index contributed by atoms with van der Waals surface area (Å²) in [6.45, 7) is 1.72. The summed E-state index contributed by atoms with van der Waals surface area (Å²) >= 11 is 0. The molecule has 498 valence electrons. The maximum Gasteiger partial charge on any atom is 0.220 e. The highest BCUT2D eigenvalue weighted by atomic mass is 16.8. The molecule has 19 heteroatoms. The van der Waals surface area contributed by atoms with Crippen LogP contribution in [0.5, 0.6) is 0 Å². The lowest BCUT2D eigenvalue weighted by atomic mass is 9.96. The van der Waals surface area contributed by atoms with E-state index in [-0.39, 0.29) is 18.9 Å². The number of aliphatic hydroxyl groups is 11. The molecule has 12 N–H and O–H groups in total. The Morgan fingerprint density at radius 1 is 0.412 bits per heavy atom. The van der Waals surface area contributed by atoms with Gasteiger partial charge in [0.2, 0.25) is 5.91 Å². The normalized spacial score (nSPS) is 29.2. The first-order chi connectivity index (χ1) is 41.3. The predicted molar refractivity (Wildman–Crippen MR) is 328 cm³/mol. The summed E-state index contributed by atoms with van der Waals surface area (Å²) in [6.07, 6.45) is 28.3. The number of allylic oxidation sites excluding steroid dienone is 5. The number of hydrogen-bond donors (Lipinski definition) is 12. The van der Waals surface area contributed by atoms with Gasteiger partial charge in [0.05, 0.1) is 38.6 Å². The van der Waals surface area contributed by atoms with Crippen molar-refractivity contribution in [3.63, 3.8) is 0 Å². The number of ether oxygens (including phenoxy) is 6. The molecular formula is C66H121NO18. The second-order valence-corrected chi connectivity index (χ2v) is 24.3. The predicted octanol–water partition coefficient (Wildman–Crippen LogP) is 8.05. The molecule has 0 aromatic rings. The van der Waals surface area contributed by atoms with Crippen LogP contribution in [-0.4, -0.2) is 193 Å². The van der Waals surface area contributed by atoms with Gasteiger partial charge in [-0.2, -0.15) is 0 Å². The maximum atomic E-state index is 13.4.